The van der Waals surface area contributed by atoms with Gasteiger partial charge in [-0.2, -0.15) is 0 Å². The van der Waals surface area contributed by atoms with E-state index < -0.39 is 6.04 Å². The van der Waals surface area contributed by atoms with Crippen LogP contribution in [0.15, 0.2) is 0 Å². The fraction of sp³-hybridized carbons (Fsp3) is 0.857. The Bertz CT molecular complexity index is 358. The van der Waals surface area contributed by atoms with Crippen LogP contribution in [0.3, 0.4) is 0 Å². The van der Waals surface area contributed by atoms with Gasteiger partial charge in [-0.15, -0.1) is 11.8 Å². The molecular formula is C14H26N2O3S. The first-order valence-corrected chi connectivity index (χ1v) is 8.10. The summed E-state index contributed by atoms with van der Waals surface area (Å²) in [5.41, 5.74) is 0. The molecule has 0 aromatic rings. The molecule has 2 amide bonds. The zero-order chi connectivity index (χ0) is 15.4. The Labute approximate surface area is 126 Å². The molecule has 1 saturated heterocycles. The van der Waals surface area contributed by atoms with Crippen LogP contribution in [-0.2, 0) is 9.53 Å². The Hall–Kier alpha value is -0.910. The third-order valence-electron chi connectivity index (χ3n) is 2.99. The molecule has 2 unspecified atom stereocenters. The molecule has 116 valence electrons. The Balaban J connectivity index is 2.88. The number of hydrogen-bond donors (Lipinski definition) is 0. The number of nitrogens with zero attached hydrogens (tertiary/aromatic N) is 2. The summed E-state index contributed by atoms with van der Waals surface area (Å²) < 4.78 is 5.28. The Morgan fingerprint density at radius 3 is 2.35 bits per heavy atom. The van der Waals surface area contributed by atoms with Gasteiger partial charge in [-0.3, -0.25) is 4.90 Å². The molecular weight excluding hydrogens is 276 g/mol. The molecule has 0 N–H and O–H groups in total. The molecule has 1 aliphatic heterocycles. The first-order chi connectivity index (χ1) is 9.23. The van der Waals surface area contributed by atoms with E-state index >= 15 is 0 Å². The second-order valence-corrected chi connectivity index (χ2v) is 7.21. The molecule has 0 radical (unpaired) electrons. The molecule has 6 heteroatoms. The molecule has 0 saturated carbocycles. The van der Waals surface area contributed by atoms with Crippen LogP contribution in [0.2, 0.25) is 0 Å². The van der Waals surface area contributed by atoms with Crippen LogP contribution in [-0.4, -0.2) is 59.2 Å². The highest BCUT2D eigenvalue weighted by Gasteiger charge is 2.43. The average molecular weight is 302 g/mol. The number of rotatable bonds is 4. The molecule has 20 heavy (non-hydrogen) atoms. The molecule has 0 bridgehead atoms. The van der Waals surface area contributed by atoms with Gasteiger partial charge in [0.15, 0.2) is 0 Å². The Morgan fingerprint density at radius 2 is 1.90 bits per heavy atom. The van der Waals surface area contributed by atoms with Crippen LogP contribution in [0.25, 0.3) is 0 Å². The second kappa shape index (κ2) is 7.20. The maximum Gasteiger partial charge on any atom is 0.330 e. The lowest BCUT2D eigenvalue weighted by Gasteiger charge is -2.31. The quantitative estimate of drug-likeness (QED) is 0.748. The summed E-state index contributed by atoms with van der Waals surface area (Å²) in [5, 5.41) is 0.0506. The van der Waals surface area contributed by atoms with Gasteiger partial charge in [0, 0.05) is 19.8 Å². The van der Waals surface area contributed by atoms with E-state index in [1.807, 2.05) is 13.8 Å². The maximum absolute atomic E-state index is 12.4. The van der Waals surface area contributed by atoms with Crippen molar-refractivity contribution >= 4 is 23.8 Å². The smallest absolute Gasteiger partial charge is 0.330 e. The molecule has 0 aromatic carbocycles. The van der Waals surface area contributed by atoms with Crippen molar-refractivity contribution in [2.45, 2.75) is 51.6 Å². The van der Waals surface area contributed by atoms with E-state index in [2.05, 4.69) is 13.8 Å². The van der Waals surface area contributed by atoms with Gasteiger partial charge in [0.05, 0.1) is 11.5 Å². The van der Waals surface area contributed by atoms with E-state index in [9.17, 15) is 9.59 Å². The van der Waals surface area contributed by atoms with Gasteiger partial charge in [-0.05, 0) is 26.2 Å². The van der Waals surface area contributed by atoms with E-state index in [-0.39, 0.29) is 23.5 Å². The van der Waals surface area contributed by atoms with Gasteiger partial charge in [0.1, 0.15) is 6.04 Å². The summed E-state index contributed by atoms with van der Waals surface area (Å²) in [4.78, 5) is 27.8. The van der Waals surface area contributed by atoms with E-state index in [1.54, 1.807) is 30.8 Å². The van der Waals surface area contributed by atoms with E-state index in [4.69, 9.17) is 4.74 Å². The normalized spacial score (nSPS) is 22.5. The van der Waals surface area contributed by atoms with Gasteiger partial charge >= 0.3 is 12.0 Å². The molecule has 5 nitrogen and oxygen atoms in total. The van der Waals surface area contributed by atoms with Crippen LogP contribution in [0, 0.1) is 5.92 Å². The SMILES string of the molecule is CC(C)CC1SCC(C(=O)OC(C)C)N1C(=O)N(C)C. The predicted octanol–water partition coefficient (Wildman–Crippen LogP) is 2.41. The highest BCUT2D eigenvalue weighted by Crippen LogP contribution is 2.34. The zero-order valence-corrected chi connectivity index (χ0v) is 14.1. The van der Waals surface area contributed by atoms with Gasteiger partial charge < -0.3 is 9.64 Å². The average Bonchev–Trinajstić information content (AvgIpc) is 2.69. The van der Waals surface area contributed by atoms with E-state index in [0.29, 0.717) is 11.7 Å². The van der Waals surface area contributed by atoms with Crippen LogP contribution in [0.4, 0.5) is 4.79 Å². The van der Waals surface area contributed by atoms with Crippen molar-refractivity contribution in [2.75, 3.05) is 19.8 Å². The maximum atomic E-state index is 12.4. The summed E-state index contributed by atoms with van der Waals surface area (Å²) in [6.45, 7) is 7.89. The van der Waals surface area contributed by atoms with Gasteiger partial charge in [0.2, 0.25) is 0 Å². The Kier molecular flexibility index (Phi) is 6.17. The lowest BCUT2D eigenvalue weighted by molar-refractivity contribution is -0.152. The fourth-order valence-corrected chi connectivity index (χ4v) is 3.75. The van der Waals surface area contributed by atoms with Crippen LogP contribution in [0.1, 0.15) is 34.1 Å². The first kappa shape index (κ1) is 17.1. The molecule has 1 aliphatic rings. The molecule has 1 fully saturated rings. The van der Waals surface area contributed by atoms with Gasteiger partial charge in [-0.1, -0.05) is 13.8 Å². The summed E-state index contributed by atoms with van der Waals surface area (Å²) >= 11 is 1.67. The van der Waals surface area contributed by atoms with Crippen molar-refractivity contribution < 1.29 is 14.3 Å². The number of carbonyl (C=O) groups excluding carboxylic acids is 2. The van der Waals surface area contributed by atoms with Crippen LogP contribution in [0.5, 0.6) is 0 Å². The summed E-state index contributed by atoms with van der Waals surface area (Å²) in [7, 11) is 3.42. The molecule has 0 aromatic heterocycles. The molecule has 0 aliphatic carbocycles. The number of hydrogen-bond acceptors (Lipinski definition) is 4. The van der Waals surface area contributed by atoms with Gasteiger partial charge in [-0.25, -0.2) is 9.59 Å². The monoisotopic (exact) mass is 302 g/mol. The second-order valence-electron chi connectivity index (χ2n) is 6.00. The number of carbonyl (C=O) groups is 2. The molecule has 1 rings (SSSR count). The van der Waals surface area contributed by atoms with Gasteiger partial charge in [0.25, 0.3) is 0 Å². The topological polar surface area (TPSA) is 49.9 Å². The number of thioether (sulfide) groups is 1. The van der Waals surface area contributed by atoms with Crippen molar-refractivity contribution in [1.29, 1.82) is 0 Å². The lowest BCUT2D eigenvalue weighted by Crippen LogP contribution is -2.50. The van der Waals surface area contributed by atoms with E-state index in [1.165, 1.54) is 4.90 Å². The molecule has 0 spiro atoms. The lowest BCUT2D eigenvalue weighted by atomic mass is 10.1. The highest BCUT2D eigenvalue weighted by molar-refractivity contribution is 8.00. The number of urea groups is 1. The highest BCUT2D eigenvalue weighted by atomic mass is 32.2. The van der Waals surface area contributed by atoms with Crippen molar-refractivity contribution in [2.24, 2.45) is 5.92 Å². The first-order valence-electron chi connectivity index (χ1n) is 7.05. The van der Waals surface area contributed by atoms with Crippen molar-refractivity contribution in [3.8, 4) is 0 Å². The Morgan fingerprint density at radius 1 is 1.30 bits per heavy atom. The van der Waals surface area contributed by atoms with E-state index in [0.717, 1.165) is 6.42 Å². The van der Waals surface area contributed by atoms with Crippen LogP contribution >= 0.6 is 11.8 Å². The van der Waals surface area contributed by atoms with Crippen molar-refractivity contribution in [3.05, 3.63) is 0 Å². The number of esters is 1. The third-order valence-corrected chi connectivity index (χ3v) is 4.31. The minimum absolute atomic E-state index is 0.0506. The molecule has 1 heterocycles. The summed E-state index contributed by atoms with van der Waals surface area (Å²) in [6.07, 6.45) is 0.725. The standard InChI is InChI=1S/C14H26N2O3S/c1-9(2)7-12-16(14(18)15(5)6)11(8-20-12)13(17)19-10(3)4/h9-12H,7-8H2,1-6H3. The van der Waals surface area contributed by atoms with Crippen molar-refractivity contribution in [3.63, 3.8) is 0 Å². The summed E-state index contributed by atoms with van der Waals surface area (Å²) in [6, 6.07) is -0.590. The molecule has 2 atom stereocenters. The number of ether oxygens (including phenoxy) is 1. The van der Waals surface area contributed by atoms with Crippen LogP contribution < -0.4 is 0 Å². The number of amides is 2. The zero-order valence-electron chi connectivity index (χ0n) is 13.3. The third kappa shape index (κ3) is 4.30. The minimum Gasteiger partial charge on any atom is -0.461 e. The summed E-state index contributed by atoms with van der Waals surface area (Å²) in [5.74, 6) is 0.793. The largest absolute Gasteiger partial charge is 0.461 e. The van der Waals surface area contributed by atoms with Crippen molar-refractivity contribution in [1.82, 2.24) is 9.80 Å². The minimum atomic E-state index is -0.471. The predicted molar refractivity (Wildman–Crippen MR) is 81.6 cm³/mol. The fourth-order valence-electron chi connectivity index (χ4n) is 2.13.